The fourth-order valence-electron chi connectivity index (χ4n) is 2.77. The largest absolute Gasteiger partial charge is 0.491 e. The van der Waals surface area contributed by atoms with Crippen molar-refractivity contribution in [3.63, 3.8) is 0 Å². The van der Waals surface area contributed by atoms with E-state index in [1.54, 1.807) is 7.11 Å². The highest BCUT2D eigenvalue weighted by atomic mass is 127. The van der Waals surface area contributed by atoms with E-state index >= 15 is 0 Å². The van der Waals surface area contributed by atoms with E-state index in [9.17, 15) is 0 Å². The first-order valence-electron chi connectivity index (χ1n) is 9.83. The zero-order chi connectivity index (χ0) is 20.2. The Morgan fingerprint density at radius 3 is 2.76 bits per heavy atom. The van der Waals surface area contributed by atoms with Crippen LogP contribution in [-0.4, -0.2) is 49.2 Å². The third-order valence-corrected chi connectivity index (χ3v) is 4.21. The fraction of sp³-hybridized carbons (Fsp3) is 0.524. The van der Waals surface area contributed by atoms with Crippen molar-refractivity contribution in [2.75, 3.05) is 33.4 Å². The number of hydrogen-bond donors (Lipinski definition) is 2. The van der Waals surface area contributed by atoms with Crippen LogP contribution in [0, 0.1) is 6.92 Å². The van der Waals surface area contributed by atoms with E-state index in [1.807, 2.05) is 17.9 Å². The molecule has 1 aromatic carbocycles. The number of ether oxygens (including phenoxy) is 2. The molecule has 2 rings (SSSR count). The molecule has 1 aromatic heterocycles. The number of hydrogen-bond acceptors (Lipinski definition) is 4. The standard InChI is InChI=1S/C21H33N5O2.HI/c1-5-22-21(23-10-6-7-18-14-25-26(3)16-18)24-15-19-9-8-17(2)13-20(19)28-12-11-27-4;/h8-9,13-14,16H,5-7,10-12,15H2,1-4H3,(H2,22,23,24);1H. The molecule has 0 atom stereocenters. The minimum atomic E-state index is 0. The monoisotopic (exact) mass is 515 g/mol. The zero-order valence-corrected chi connectivity index (χ0v) is 20.2. The summed E-state index contributed by atoms with van der Waals surface area (Å²) < 4.78 is 12.8. The highest BCUT2D eigenvalue weighted by molar-refractivity contribution is 14.0. The van der Waals surface area contributed by atoms with E-state index in [0.29, 0.717) is 19.8 Å². The van der Waals surface area contributed by atoms with Crippen LogP contribution in [0.2, 0.25) is 0 Å². The van der Waals surface area contributed by atoms with Gasteiger partial charge in [0.05, 0.1) is 19.3 Å². The third kappa shape index (κ3) is 9.49. The summed E-state index contributed by atoms with van der Waals surface area (Å²) in [6.07, 6.45) is 5.99. The second kappa shape index (κ2) is 14.2. The fourth-order valence-corrected chi connectivity index (χ4v) is 2.77. The Morgan fingerprint density at radius 1 is 1.24 bits per heavy atom. The molecule has 2 aromatic rings. The summed E-state index contributed by atoms with van der Waals surface area (Å²) in [5.74, 6) is 1.69. The number of rotatable bonds is 11. The molecule has 0 saturated carbocycles. The van der Waals surface area contributed by atoms with Crippen LogP contribution in [-0.2, 0) is 24.8 Å². The molecule has 0 fully saturated rings. The van der Waals surface area contributed by atoms with Crippen LogP contribution < -0.4 is 15.4 Å². The van der Waals surface area contributed by atoms with E-state index in [0.717, 1.165) is 43.2 Å². The Balaban J connectivity index is 0.00000420. The summed E-state index contributed by atoms with van der Waals surface area (Å²) in [6.45, 7) is 7.45. The lowest BCUT2D eigenvalue weighted by molar-refractivity contribution is 0.145. The quantitative estimate of drug-likeness (QED) is 0.208. The van der Waals surface area contributed by atoms with Gasteiger partial charge in [-0.05, 0) is 43.9 Å². The Bertz CT molecular complexity index is 748. The molecular formula is C21H34IN5O2. The highest BCUT2D eigenvalue weighted by Crippen LogP contribution is 2.21. The lowest BCUT2D eigenvalue weighted by Gasteiger charge is -2.13. The Hall–Kier alpha value is -1.81. The molecule has 0 amide bonds. The lowest BCUT2D eigenvalue weighted by Crippen LogP contribution is -2.37. The molecule has 0 radical (unpaired) electrons. The normalized spacial score (nSPS) is 11.1. The highest BCUT2D eigenvalue weighted by Gasteiger charge is 2.05. The molecule has 7 nitrogen and oxygen atoms in total. The van der Waals surface area contributed by atoms with Crippen molar-refractivity contribution < 1.29 is 9.47 Å². The predicted octanol–water partition coefficient (Wildman–Crippen LogP) is 3.06. The Morgan fingerprint density at radius 2 is 2.07 bits per heavy atom. The summed E-state index contributed by atoms with van der Waals surface area (Å²) in [7, 11) is 3.61. The molecule has 0 unspecified atom stereocenters. The number of benzene rings is 1. The number of halogens is 1. The molecule has 0 aliphatic heterocycles. The number of guanidine groups is 1. The summed E-state index contributed by atoms with van der Waals surface area (Å²) in [4.78, 5) is 4.72. The molecule has 0 saturated heterocycles. The molecule has 162 valence electrons. The maximum absolute atomic E-state index is 5.86. The van der Waals surface area contributed by atoms with Crippen LogP contribution in [0.5, 0.6) is 5.75 Å². The van der Waals surface area contributed by atoms with Gasteiger partial charge in [-0.3, -0.25) is 4.68 Å². The first kappa shape index (κ1) is 25.2. The second-order valence-electron chi connectivity index (χ2n) is 6.70. The Labute approximate surface area is 191 Å². The van der Waals surface area contributed by atoms with Gasteiger partial charge in [-0.2, -0.15) is 5.10 Å². The van der Waals surface area contributed by atoms with Gasteiger partial charge < -0.3 is 20.1 Å². The van der Waals surface area contributed by atoms with Crippen molar-refractivity contribution in [1.82, 2.24) is 20.4 Å². The van der Waals surface area contributed by atoms with Crippen LogP contribution in [0.15, 0.2) is 35.6 Å². The summed E-state index contributed by atoms with van der Waals surface area (Å²) in [5, 5.41) is 10.9. The smallest absolute Gasteiger partial charge is 0.191 e. The maximum Gasteiger partial charge on any atom is 0.191 e. The van der Waals surface area contributed by atoms with Crippen LogP contribution in [0.3, 0.4) is 0 Å². The number of aliphatic imine (C=N–C) groups is 1. The number of methoxy groups -OCH3 is 1. The van der Waals surface area contributed by atoms with Crippen LogP contribution in [0.25, 0.3) is 0 Å². The molecule has 1 heterocycles. The zero-order valence-electron chi connectivity index (χ0n) is 17.9. The van der Waals surface area contributed by atoms with Crippen LogP contribution >= 0.6 is 24.0 Å². The molecule has 29 heavy (non-hydrogen) atoms. The molecular weight excluding hydrogens is 481 g/mol. The maximum atomic E-state index is 5.86. The Kier molecular flexibility index (Phi) is 12.4. The van der Waals surface area contributed by atoms with Gasteiger partial charge in [-0.15, -0.1) is 24.0 Å². The van der Waals surface area contributed by atoms with E-state index in [-0.39, 0.29) is 24.0 Å². The van der Waals surface area contributed by atoms with Crippen LogP contribution in [0.4, 0.5) is 0 Å². The van der Waals surface area contributed by atoms with Gasteiger partial charge in [-0.1, -0.05) is 12.1 Å². The summed E-state index contributed by atoms with van der Waals surface area (Å²) in [5.41, 5.74) is 3.48. The molecule has 0 bridgehead atoms. The molecule has 0 aliphatic rings. The van der Waals surface area contributed by atoms with E-state index in [1.165, 1.54) is 11.1 Å². The molecule has 0 aliphatic carbocycles. The third-order valence-electron chi connectivity index (χ3n) is 4.21. The van der Waals surface area contributed by atoms with Gasteiger partial charge in [-0.25, -0.2) is 4.99 Å². The van der Waals surface area contributed by atoms with Gasteiger partial charge in [0, 0.05) is 39.0 Å². The van der Waals surface area contributed by atoms with Crippen molar-refractivity contribution >= 4 is 29.9 Å². The minimum absolute atomic E-state index is 0. The molecule has 8 heteroatoms. The number of aromatic nitrogens is 2. The van der Waals surface area contributed by atoms with E-state index < -0.39 is 0 Å². The molecule has 2 N–H and O–H groups in total. The predicted molar refractivity (Wildman–Crippen MR) is 128 cm³/mol. The number of nitrogens with zero attached hydrogens (tertiary/aromatic N) is 3. The first-order chi connectivity index (χ1) is 13.6. The SMILES string of the molecule is CCNC(=NCc1ccc(C)cc1OCCOC)NCCCc1cnn(C)c1.I. The van der Waals surface area contributed by atoms with Crippen molar-refractivity contribution in [1.29, 1.82) is 0 Å². The number of aryl methyl sites for hydroxylation is 3. The van der Waals surface area contributed by atoms with Crippen molar-refractivity contribution in [3.8, 4) is 5.75 Å². The average Bonchev–Trinajstić information content (AvgIpc) is 3.09. The van der Waals surface area contributed by atoms with Gasteiger partial charge in [0.15, 0.2) is 5.96 Å². The van der Waals surface area contributed by atoms with Gasteiger partial charge in [0.2, 0.25) is 0 Å². The topological polar surface area (TPSA) is 72.7 Å². The first-order valence-corrected chi connectivity index (χ1v) is 9.83. The van der Waals surface area contributed by atoms with Gasteiger partial charge in [0.1, 0.15) is 12.4 Å². The number of nitrogens with one attached hydrogen (secondary N) is 2. The van der Waals surface area contributed by atoms with E-state index in [2.05, 4.69) is 54.0 Å². The summed E-state index contributed by atoms with van der Waals surface area (Å²) >= 11 is 0. The average molecular weight is 515 g/mol. The second-order valence-corrected chi connectivity index (χ2v) is 6.70. The van der Waals surface area contributed by atoms with Gasteiger partial charge in [0.25, 0.3) is 0 Å². The van der Waals surface area contributed by atoms with Crippen LogP contribution in [0.1, 0.15) is 30.0 Å². The van der Waals surface area contributed by atoms with Crippen molar-refractivity contribution in [2.24, 2.45) is 12.0 Å². The van der Waals surface area contributed by atoms with Gasteiger partial charge >= 0.3 is 0 Å². The van der Waals surface area contributed by atoms with E-state index in [4.69, 9.17) is 14.5 Å². The summed E-state index contributed by atoms with van der Waals surface area (Å²) in [6, 6.07) is 6.21. The van der Waals surface area contributed by atoms with Crippen molar-refractivity contribution in [2.45, 2.75) is 33.2 Å². The molecule has 0 spiro atoms. The van der Waals surface area contributed by atoms with Crippen molar-refractivity contribution in [3.05, 3.63) is 47.3 Å². The minimum Gasteiger partial charge on any atom is -0.491 e. The lowest BCUT2D eigenvalue weighted by atomic mass is 10.1.